The van der Waals surface area contributed by atoms with Crippen molar-refractivity contribution in [2.45, 2.75) is 26.8 Å². The summed E-state index contributed by atoms with van der Waals surface area (Å²) in [7, 11) is 0. The lowest BCUT2D eigenvalue weighted by molar-refractivity contribution is 0.887. The van der Waals surface area contributed by atoms with Crippen molar-refractivity contribution in [3.05, 3.63) is 23.3 Å². The second-order valence-electron chi connectivity index (χ2n) is 2.45. The van der Waals surface area contributed by atoms with Crippen molar-refractivity contribution in [2.24, 2.45) is 5.73 Å². The van der Waals surface area contributed by atoms with Crippen LogP contribution in [0.3, 0.4) is 0 Å². The van der Waals surface area contributed by atoms with Gasteiger partial charge in [0.2, 0.25) is 0 Å². The Kier molecular flexibility index (Phi) is 2.54. The molecule has 0 aliphatic heterocycles. The highest BCUT2D eigenvalue weighted by molar-refractivity contribution is 5.11. The highest BCUT2D eigenvalue weighted by Crippen LogP contribution is 2.02. The van der Waals surface area contributed by atoms with Gasteiger partial charge in [-0.15, -0.1) is 0 Å². The van der Waals surface area contributed by atoms with Crippen molar-refractivity contribution in [2.75, 3.05) is 0 Å². The van der Waals surface area contributed by atoms with E-state index in [1.807, 2.05) is 6.92 Å². The second-order valence-corrected chi connectivity index (χ2v) is 2.45. The largest absolute Gasteiger partial charge is 0.325 e. The molecule has 0 bridgehead atoms. The molecule has 0 saturated carbocycles. The molecule has 0 aromatic carbocycles. The van der Waals surface area contributed by atoms with Crippen molar-refractivity contribution < 1.29 is 0 Å². The molecule has 0 fully saturated rings. The van der Waals surface area contributed by atoms with E-state index in [2.05, 4.69) is 16.9 Å². The molecule has 0 aliphatic carbocycles. The molecule has 11 heavy (non-hydrogen) atoms. The van der Waals surface area contributed by atoms with Crippen molar-refractivity contribution >= 4 is 0 Å². The molecule has 1 aromatic rings. The van der Waals surface area contributed by atoms with Gasteiger partial charge < -0.3 is 5.73 Å². The van der Waals surface area contributed by atoms with E-state index in [4.69, 9.17) is 5.73 Å². The Morgan fingerprint density at radius 2 is 2.27 bits per heavy atom. The summed E-state index contributed by atoms with van der Waals surface area (Å²) in [5.74, 6) is 0. The summed E-state index contributed by atoms with van der Waals surface area (Å²) in [6.07, 6.45) is 2.68. The number of aromatic nitrogens is 2. The van der Waals surface area contributed by atoms with Crippen LogP contribution in [0.4, 0.5) is 0 Å². The maximum absolute atomic E-state index is 5.41. The number of hydrogen-bond acceptors (Lipinski definition) is 3. The molecule has 0 amide bonds. The normalized spacial score (nSPS) is 10.1. The zero-order chi connectivity index (χ0) is 8.27. The van der Waals surface area contributed by atoms with Gasteiger partial charge in [0.05, 0.1) is 23.3 Å². The third-order valence-corrected chi connectivity index (χ3v) is 1.64. The summed E-state index contributed by atoms with van der Waals surface area (Å²) in [6, 6.07) is 0. The van der Waals surface area contributed by atoms with Crippen molar-refractivity contribution in [3.8, 4) is 0 Å². The van der Waals surface area contributed by atoms with E-state index in [1.54, 1.807) is 6.20 Å². The Morgan fingerprint density at radius 1 is 1.55 bits per heavy atom. The molecule has 3 heteroatoms. The van der Waals surface area contributed by atoms with Crippen LogP contribution in [0.25, 0.3) is 0 Å². The smallest absolute Gasteiger partial charge is 0.0725 e. The summed E-state index contributed by atoms with van der Waals surface area (Å²) in [5, 5.41) is 0. The van der Waals surface area contributed by atoms with Gasteiger partial charge in [0.25, 0.3) is 0 Å². The fourth-order valence-electron chi connectivity index (χ4n) is 1.00. The van der Waals surface area contributed by atoms with Crippen LogP contribution in [0.2, 0.25) is 0 Å². The van der Waals surface area contributed by atoms with Crippen LogP contribution in [0.15, 0.2) is 6.20 Å². The molecule has 0 aliphatic rings. The molecule has 3 nitrogen and oxygen atoms in total. The minimum absolute atomic E-state index is 0.470. The highest BCUT2D eigenvalue weighted by atomic mass is 14.8. The van der Waals surface area contributed by atoms with Gasteiger partial charge in [0.1, 0.15) is 0 Å². The predicted molar refractivity (Wildman–Crippen MR) is 44.0 cm³/mol. The topological polar surface area (TPSA) is 51.8 Å². The van der Waals surface area contributed by atoms with Gasteiger partial charge >= 0.3 is 0 Å². The van der Waals surface area contributed by atoms with E-state index < -0.39 is 0 Å². The molecule has 2 N–H and O–H groups in total. The SMILES string of the molecule is CCc1ncc(CN)nc1C. The van der Waals surface area contributed by atoms with E-state index >= 15 is 0 Å². The van der Waals surface area contributed by atoms with Crippen LogP contribution in [0.1, 0.15) is 24.0 Å². The third-order valence-electron chi connectivity index (χ3n) is 1.64. The van der Waals surface area contributed by atoms with E-state index in [1.165, 1.54) is 0 Å². The molecule has 0 radical (unpaired) electrons. The van der Waals surface area contributed by atoms with Crippen LogP contribution in [0, 0.1) is 6.92 Å². The summed E-state index contributed by atoms with van der Waals surface area (Å²) < 4.78 is 0. The zero-order valence-corrected chi connectivity index (χ0v) is 6.96. The van der Waals surface area contributed by atoms with Crippen molar-refractivity contribution in [1.29, 1.82) is 0 Å². The number of nitrogens with two attached hydrogens (primary N) is 1. The fraction of sp³-hybridized carbons (Fsp3) is 0.500. The quantitative estimate of drug-likeness (QED) is 0.680. The lowest BCUT2D eigenvalue weighted by Gasteiger charge is -2.01. The third kappa shape index (κ3) is 1.74. The van der Waals surface area contributed by atoms with E-state index in [0.29, 0.717) is 6.54 Å². The van der Waals surface area contributed by atoms with Gasteiger partial charge in [0, 0.05) is 6.54 Å². The van der Waals surface area contributed by atoms with Gasteiger partial charge in [0.15, 0.2) is 0 Å². The molecule has 1 heterocycles. The van der Waals surface area contributed by atoms with E-state index in [0.717, 1.165) is 23.5 Å². The summed E-state index contributed by atoms with van der Waals surface area (Å²) in [6.45, 7) is 4.50. The predicted octanol–water partition coefficient (Wildman–Crippen LogP) is 0.806. The Morgan fingerprint density at radius 3 is 2.73 bits per heavy atom. The Labute approximate surface area is 66.7 Å². The maximum Gasteiger partial charge on any atom is 0.0725 e. The standard InChI is InChI=1S/C8H13N3/c1-3-8-6(2)11-7(4-9)5-10-8/h5H,3-4,9H2,1-2H3. The van der Waals surface area contributed by atoms with Gasteiger partial charge in [-0.1, -0.05) is 6.92 Å². The molecule has 1 aromatic heterocycles. The van der Waals surface area contributed by atoms with Crippen LogP contribution in [-0.2, 0) is 13.0 Å². The Balaban J connectivity index is 2.99. The lowest BCUT2D eigenvalue weighted by atomic mass is 10.2. The molecule has 1 rings (SSSR count). The van der Waals surface area contributed by atoms with E-state index in [-0.39, 0.29) is 0 Å². The van der Waals surface area contributed by atoms with Gasteiger partial charge in [-0.2, -0.15) is 0 Å². The summed E-state index contributed by atoms with van der Waals surface area (Å²) in [4.78, 5) is 8.50. The van der Waals surface area contributed by atoms with Crippen LogP contribution >= 0.6 is 0 Å². The molecular formula is C8H13N3. The minimum Gasteiger partial charge on any atom is -0.325 e. The van der Waals surface area contributed by atoms with Crippen LogP contribution in [-0.4, -0.2) is 9.97 Å². The van der Waals surface area contributed by atoms with Crippen LogP contribution < -0.4 is 5.73 Å². The Bertz CT molecular complexity index is 245. The van der Waals surface area contributed by atoms with E-state index in [9.17, 15) is 0 Å². The summed E-state index contributed by atoms with van der Waals surface area (Å²) >= 11 is 0. The van der Waals surface area contributed by atoms with Gasteiger partial charge in [-0.3, -0.25) is 9.97 Å². The fourth-order valence-corrected chi connectivity index (χ4v) is 1.00. The molecule has 0 atom stereocenters. The lowest BCUT2D eigenvalue weighted by Crippen LogP contribution is -2.04. The number of nitrogens with zero attached hydrogens (tertiary/aromatic N) is 2. The van der Waals surface area contributed by atoms with Crippen molar-refractivity contribution in [1.82, 2.24) is 9.97 Å². The molecule has 60 valence electrons. The zero-order valence-electron chi connectivity index (χ0n) is 6.96. The first-order chi connectivity index (χ1) is 5.27. The van der Waals surface area contributed by atoms with Crippen molar-refractivity contribution in [3.63, 3.8) is 0 Å². The molecule has 0 unspecified atom stereocenters. The first-order valence-electron chi connectivity index (χ1n) is 3.79. The Hall–Kier alpha value is -0.960. The number of hydrogen-bond donors (Lipinski definition) is 1. The number of aryl methyl sites for hydroxylation is 2. The van der Waals surface area contributed by atoms with Crippen LogP contribution in [0.5, 0.6) is 0 Å². The first kappa shape index (κ1) is 8.14. The molecular weight excluding hydrogens is 138 g/mol. The molecule has 0 spiro atoms. The maximum atomic E-state index is 5.41. The summed E-state index contributed by atoms with van der Waals surface area (Å²) in [5.41, 5.74) is 8.32. The highest BCUT2D eigenvalue weighted by Gasteiger charge is 1.98. The molecule has 0 saturated heterocycles. The van der Waals surface area contributed by atoms with Gasteiger partial charge in [-0.05, 0) is 13.3 Å². The minimum atomic E-state index is 0.470. The number of rotatable bonds is 2. The monoisotopic (exact) mass is 151 g/mol. The first-order valence-corrected chi connectivity index (χ1v) is 3.79. The average molecular weight is 151 g/mol. The second kappa shape index (κ2) is 3.44. The van der Waals surface area contributed by atoms with Gasteiger partial charge in [-0.25, -0.2) is 0 Å². The average Bonchev–Trinajstić information content (AvgIpc) is 2.04.